The Kier molecular flexibility index (Phi) is 5.04. The summed E-state index contributed by atoms with van der Waals surface area (Å²) in [5.41, 5.74) is 12.3. The lowest BCUT2D eigenvalue weighted by atomic mass is 9.91. The van der Waals surface area contributed by atoms with Crippen molar-refractivity contribution in [1.82, 2.24) is 5.32 Å². The van der Waals surface area contributed by atoms with Crippen molar-refractivity contribution in [2.75, 3.05) is 18.0 Å². The first kappa shape index (κ1) is 17.4. The Morgan fingerprint density at radius 1 is 1.00 bits per heavy atom. The molecule has 1 aliphatic heterocycles. The highest BCUT2D eigenvalue weighted by atomic mass is 16.5. The fourth-order valence-electron chi connectivity index (χ4n) is 3.16. The number of nitrogen functional groups attached to an aromatic ring is 2. The SMILES string of the molecule is CC(C)(Oc1ccccc1Oc1ccc(N)c(N)c1)C1CCCCN1. The topological polar surface area (TPSA) is 82.5 Å². The van der Waals surface area contributed by atoms with Crippen molar-refractivity contribution in [3.05, 3.63) is 42.5 Å². The Morgan fingerprint density at radius 2 is 1.76 bits per heavy atom. The quantitative estimate of drug-likeness (QED) is 0.718. The number of hydrogen-bond donors (Lipinski definition) is 3. The number of piperidine rings is 1. The molecular formula is C20H27N3O2. The molecule has 2 aromatic carbocycles. The zero-order valence-electron chi connectivity index (χ0n) is 14.9. The third-order valence-corrected chi connectivity index (χ3v) is 4.66. The van der Waals surface area contributed by atoms with Gasteiger partial charge in [0.25, 0.3) is 0 Å². The molecule has 0 bridgehead atoms. The minimum absolute atomic E-state index is 0.321. The minimum atomic E-state index is -0.333. The fraction of sp³-hybridized carbons (Fsp3) is 0.400. The van der Waals surface area contributed by atoms with Gasteiger partial charge < -0.3 is 26.3 Å². The normalized spacial score (nSPS) is 17.9. The summed E-state index contributed by atoms with van der Waals surface area (Å²) in [6.07, 6.45) is 3.57. The van der Waals surface area contributed by atoms with Crippen LogP contribution in [0.5, 0.6) is 17.2 Å². The number of nitrogens with two attached hydrogens (primary N) is 2. The third-order valence-electron chi connectivity index (χ3n) is 4.66. The van der Waals surface area contributed by atoms with Crippen molar-refractivity contribution < 1.29 is 9.47 Å². The van der Waals surface area contributed by atoms with E-state index in [1.165, 1.54) is 12.8 Å². The van der Waals surface area contributed by atoms with Gasteiger partial charge in [0.15, 0.2) is 11.5 Å². The van der Waals surface area contributed by atoms with E-state index >= 15 is 0 Å². The van der Waals surface area contributed by atoms with Gasteiger partial charge in [-0.2, -0.15) is 0 Å². The standard InChI is InChI=1S/C20H27N3O2/c1-20(2,19-9-5-6-12-23-19)25-18-8-4-3-7-17(18)24-14-10-11-15(21)16(22)13-14/h3-4,7-8,10-11,13,19,23H,5-6,9,12,21-22H2,1-2H3. The van der Waals surface area contributed by atoms with E-state index in [9.17, 15) is 0 Å². The Balaban J connectivity index is 1.79. The van der Waals surface area contributed by atoms with Crippen molar-refractivity contribution in [1.29, 1.82) is 0 Å². The molecule has 0 spiro atoms. The fourth-order valence-corrected chi connectivity index (χ4v) is 3.16. The summed E-state index contributed by atoms with van der Waals surface area (Å²) in [7, 11) is 0. The number of para-hydroxylation sites is 2. The van der Waals surface area contributed by atoms with Crippen LogP contribution >= 0.6 is 0 Å². The van der Waals surface area contributed by atoms with Gasteiger partial charge in [-0.05, 0) is 57.5 Å². The Morgan fingerprint density at radius 3 is 2.44 bits per heavy atom. The van der Waals surface area contributed by atoms with Gasteiger partial charge in [0.2, 0.25) is 0 Å². The van der Waals surface area contributed by atoms with Gasteiger partial charge >= 0.3 is 0 Å². The molecule has 1 heterocycles. The van der Waals surface area contributed by atoms with Gasteiger partial charge in [0.1, 0.15) is 11.4 Å². The smallest absolute Gasteiger partial charge is 0.169 e. The van der Waals surface area contributed by atoms with Crippen LogP contribution in [-0.2, 0) is 0 Å². The molecule has 5 N–H and O–H groups in total. The van der Waals surface area contributed by atoms with Crippen molar-refractivity contribution in [3.8, 4) is 17.2 Å². The molecule has 0 aromatic heterocycles. The molecule has 0 aliphatic carbocycles. The van der Waals surface area contributed by atoms with E-state index < -0.39 is 0 Å². The number of anilines is 2. The second kappa shape index (κ2) is 7.23. The maximum atomic E-state index is 6.36. The molecule has 1 aliphatic rings. The van der Waals surface area contributed by atoms with Crippen molar-refractivity contribution in [2.45, 2.75) is 44.8 Å². The zero-order valence-corrected chi connectivity index (χ0v) is 14.9. The molecule has 0 radical (unpaired) electrons. The molecule has 0 saturated carbocycles. The van der Waals surface area contributed by atoms with Gasteiger partial charge in [-0.15, -0.1) is 0 Å². The summed E-state index contributed by atoms with van der Waals surface area (Å²) < 4.78 is 12.4. The van der Waals surface area contributed by atoms with Crippen LogP contribution in [0.3, 0.4) is 0 Å². The van der Waals surface area contributed by atoms with Crippen LogP contribution in [0.2, 0.25) is 0 Å². The average molecular weight is 341 g/mol. The molecule has 0 amide bonds. The van der Waals surface area contributed by atoms with Crippen LogP contribution in [-0.4, -0.2) is 18.2 Å². The molecule has 5 heteroatoms. The molecule has 134 valence electrons. The van der Waals surface area contributed by atoms with Crippen LogP contribution in [0, 0.1) is 0 Å². The van der Waals surface area contributed by atoms with Gasteiger partial charge in [-0.1, -0.05) is 18.6 Å². The number of nitrogens with one attached hydrogen (secondary N) is 1. The van der Waals surface area contributed by atoms with Crippen LogP contribution in [0.4, 0.5) is 11.4 Å². The second-order valence-electron chi connectivity index (χ2n) is 7.05. The van der Waals surface area contributed by atoms with Gasteiger partial charge in [0.05, 0.1) is 11.4 Å². The van der Waals surface area contributed by atoms with Crippen LogP contribution in [0.1, 0.15) is 33.1 Å². The summed E-state index contributed by atoms with van der Waals surface area (Å²) in [6, 6.07) is 13.3. The lowest BCUT2D eigenvalue weighted by molar-refractivity contribution is 0.0508. The Labute approximate surface area is 149 Å². The zero-order chi connectivity index (χ0) is 17.9. The Bertz CT molecular complexity index is 725. The maximum Gasteiger partial charge on any atom is 0.169 e. The van der Waals surface area contributed by atoms with Gasteiger partial charge in [0, 0.05) is 12.1 Å². The van der Waals surface area contributed by atoms with E-state index in [0.717, 1.165) is 18.7 Å². The van der Waals surface area contributed by atoms with E-state index in [1.54, 1.807) is 18.2 Å². The number of rotatable bonds is 5. The number of hydrogen-bond acceptors (Lipinski definition) is 5. The van der Waals surface area contributed by atoms with Crippen LogP contribution in [0.25, 0.3) is 0 Å². The number of benzene rings is 2. The largest absolute Gasteiger partial charge is 0.482 e. The van der Waals surface area contributed by atoms with E-state index in [-0.39, 0.29) is 5.60 Å². The maximum absolute atomic E-state index is 6.36. The molecule has 1 fully saturated rings. The average Bonchev–Trinajstić information content (AvgIpc) is 2.60. The highest BCUT2D eigenvalue weighted by Crippen LogP contribution is 2.36. The molecule has 2 aromatic rings. The van der Waals surface area contributed by atoms with Crippen LogP contribution < -0.4 is 26.3 Å². The van der Waals surface area contributed by atoms with Crippen molar-refractivity contribution >= 4 is 11.4 Å². The predicted molar refractivity (Wildman–Crippen MR) is 102 cm³/mol. The first-order valence-corrected chi connectivity index (χ1v) is 8.80. The first-order chi connectivity index (χ1) is 12.0. The van der Waals surface area contributed by atoms with Crippen LogP contribution in [0.15, 0.2) is 42.5 Å². The molecule has 1 saturated heterocycles. The highest BCUT2D eigenvalue weighted by Gasteiger charge is 2.33. The lowest BCUT2D eigenvalue weighted by Gasteiger charge is -2.38. The van der Waals surface area contributed by atoms with E-state index in [4.69, 9.17) is 20.9 Å². The lowest BCUT2D eigenvalue weighted by Crippen LogP contribution is -2.52. The molecular weight excluding hydrogens is 314 g/mol. The Hall–Kier alpha value is -2.40. The van der Waals surface area contributed by atoms with Gasteiger partial charge in [-0.3, -0.25) is 0 Å². The first-order valence-electron chi connectivity index (χ1n) is 8.80. The summed E-state index contributed by atoms with van der Waals surface area (Å²) in [6.45, 7) is 5.28. The molecule has 1 unspecified atom stereocenters. The number of ether oxygens (including phenoxy) is 2. The summed E-state index contributed by atoms with van der Waals surface area (Å²) in [5.74, 6) is 2.02. The van der Waals surface area contributed by atoms with E-state index in [0.29, 0.717) is 28.9 Å². The summed E-state index contributed by atoms with van der Waals surface area (Å²) in [5, 5.41) is 3.57. The molecule has 5 nitrogen and oxygen atoms in total. The van der Waals surface area contributed by atoms with E-state index in [2.05, 4.69) is 19.2 Å². The molecule has 3 rings (SSSR count). The van der Waals surface area contributed by atoms with Crippen molar-refractivity contribution in [3.63, 3.8) is 0 Å². The molecule has 25 heavy (non-hydrogen) atoms. The van der Waals surface area contributed by atoms with Crippen molar-refractivity contribution in [2.24, 2.45) is 0 Å². The van der Waals surface area contributed by atoms with E-state index in [1.807, 2.05) is 24.3 Å². The monoisotopic (exact) mass is 341 g/mol. The summed E-state index contributed by atoms with van der Waals surface area (Å²) in [4.78, 5) is 0. The molecule has 1 atom stereocenters. The third kappa shape index (κ3) is 4.17. The van der Waals surface area contributed by atoms with Gasteiger partial charge in [-0.25, -0.2) is 0 Å². The second-order valence-corrected chi connectivity index (χ2v) is 7.05. The highest BCUT2D eigenvalue weighted by molar-refractivity contribution is 5.65. The minimum Gasteiger partial charge on any atom is -0.482 e. The predicted octanol–water partition coefficient (Wildman–Crippen LogP) is 3.94. The summed E-state index contributed by atoms with van der Waals surface area (Å²) >= 11 is 0.